The number of thioether (sulfide) groups is 1. The van der Waals surface area contributed by atoms with Gasteiger partial charge < -0.3 is 0 Å². The third kappa shape index (κ3) is 4.10. The maximum absolute atomic E-state index is 12.4. The van der Waals surface area contributed by atoms with Crippen LogP contribution in [0.5, 0.6) is 0 Å². The molecule has 2 heterocycles. The Morgan fingerprint density at radius 2 is 1.88 bits per heavy atom. The Labute approximate surface area is 145 Å². The molecule has 0 atom stereocenters. The third-order valence-electron chi connectivity index (χ3n) is 3.27. The van der Waals surface area contributed by atoms with Crippen molar-refractivity contribution in [2.24, 2.45) is 0 Å². The number of hydrogen-bond acceptors (Lipinski definition) is 3. The van der Waals surface area contributed by atoms with Crippen molar-refractivity contribution >= 4 is 23.4 Å². The zero-order chi connectivity index (χ0) is 17.2. The van der Waals surface area contributed by atoms with E-state index >= 15 is 0 Å². The first-order chi connectivity index (χ1) is 11.4. The van der Waals surface area contributed by atoms with E-state index in [0.717, 1.165) is 16.8 Å². The van der Waals surface area contributed by atoms with Crippen LogP contribution < -0.4 is 0 Å². The summed E-state index contributed by atoms with van der Waals surface area (Å²) in [7, 11) is 0. The smallest absolute Gasteiger partial charge is 0.261 e. The topological polar surface area (TPSA) is 30.7 Å². The second-order valence-corrected chi connectivity index (χ2v) is 6.48. The summed E-state index contributed by atoms with van der Waals surface area (Å²) in [6.07, 6.45) is 7.08. The molecule has 0 unspecified atom stereocenters. The molecule has 0 fully saturated rings. The van der Waals surface area contributed by atoms with E-state index in [0.29, 0.717) is 11.4 Å². The highest BCUT2D eigenvalue weighted by Crippen LogP contribution is 2.37. The molecule has 0 aliphatic rings. The van der Waals surface area contributed by atoms with Crippen molar-refractivity contribution in [3.8, 4) is 5.69 Å². The molecule has 0 saturated heterocycles. The van der Waals surface area contributed by atoms with Crippen LogP contribution in [0.4, 0.5) is 13.2 Å². The highest BCUT2D eigenvalue weighted by atomic mass is 35.5. The predicted molar refractivity (Wildman–Crippen MR) is 87.5 cm³/mol. The van der Waals surface area contributed by atoms with Crippen LogP contribution in [-0.4, -0.2) is 20.3 Å². The van der Waals surface area contributed by atoms with Crippen LogP contribution >= 0.6 is 23.4 Å². The summed E-state index contributed by atoms with van der Waals surface area (Å²) in [5.74, 6) is 0. The minimum atomic E-state index is -4.29. The number of halogens is 4. The molecule has 3 aromatic rings. The van der Waals surface area contributed by atoms with Gasteiger partial charge in [0.2, 0.25) is 0 Å². The molecule has 3 rings (SSSR count). The lowest BCUT2D eigenvalue weighted by Crippen LogP contribution is -2.03. The summed E-state index contributed by atoms with van der Waals surface area (Å²) in [5, 5.41) is 4.66. The maximum atomic E-state index is 12.4. The summed E-state index contributed by atoms with van der Waals surface area (Å²) in [6.45, 7) is 0. The van der Waals surface area contributed by atoms with Gasteiger partial charge in [-0.15, -0.1) is 0 Å². The number of hydrogen-bond donors (Lipinski definition) is 0. The van der Waals surface area contributed by atoms with Gasteiger partial charge in [0.1, 0.15) is 0 Å². The molecule has 2 aromatic heterocycles. The third-order valence-corrected chi connectivity index (χ3v) is 4.34. The average molecular weight is 370 g/mol. The van der Waals surface area contributed by atoms with Crippen LogP contribution in [0.2, 0.25) is 5.02 Å². The zero-order valence-electron chi connectivity index (χ0n) is 12.2. The van der Waals surface area contributed by atoms with Crippen molar-refractivity contribution in [1.29, 1.82) is 0 Å². The molecular formula is C16H11ClF3N3S. The monoisotopic (exact) mass is 369 g/mol. The van der Waals surface area contributed by atoms with Crippen LogP contribution in [0.15, 0.2) is 60.0 Å². The molecule has 0 amide bonds. The van der Waals surface area contributed by atoms with E-state index < -0.39 is 5.51 Å². The van der Waals surface area contributed by atoms with Crippen molar-refractivity contribution in [1.82, 2.24) is 14.8 Å². The molecule has 0 aliphatic carbocycles. The second kappa shape index (κ2) is 6.86. The fourth-order valence-electron chi connectivity index (χ4n) is 2.25. The fourth-order valence-corrected chi connectivity index (χ4v) is 3.01. The summed E-state index contributed by atoms with van der Waals surface area (Å²) in [6, 6.07) is 8.02. The summed E-state index contributed by atoms with van der Waals surface area (Å²) in [4.78, 5) is 4.23. The molecule has 8 heteroatoms. The summed E-state index contributed by atoms with van der Waals surface area (Å²) in [5.41, 5.74) is -1.89. The first-order valence-electron chi connectivity index (χ1n) is 6.89. The summed E-state index contributed by atoms with van der Waals surface area (Å²) < 4.78 is 38.8. The predicted octanol–water partition coefficient (Wildman–Crippen LogP) is 5.12. The van der Waals surface area contributed by atoms with Gasteiger partial charge in [-0.25, -0.2) is 4.68 Å². The molecule has 3 nitrogen and oxygen atoms in total. The lowest BCUT2D eigenvalue weighted by molar-refractivity contribution is -0.0328. The highest BCUT2D eigenvalue weighted by Gasteiger charge is 2.29. The number of rotatable bonds is 4. The van der Waals surface area contributed by atoms with Gasteiger partial charge in [-0.2, -0.15) is 18.3 Å². The van der Waals surface area contributed by atoms with Crippen molar-refractivity contribution in [2.75, 3.05) is 0 Å². The molecular weight excluding hydrogens is 359 g/mol. The van der Waals surface area contributed by atoms with Gasteiger partial charge in [-0.1, -0.05) is 23.7 Å². The van der Waals surface area contributed by atoms with Crippen LogP contribution in [0.25, 0.3) is 5.69 Å². The molecule has 0 aliphatic heterocycles. The van der Waals surface area contributed by atoms with E-state index in [2.05, 4.69) is 10.1 Å². The second-order valence-electron chi connectivity index (χ2n) is 4.94. The molecule has 124 valence electrons. The molecule has 0 radical (unpaired) electrons. The highest BCUT2D eigenvalue weighted by molar-refractivity contribution is 8.00. The SMILES string of the molecule is FC(F)(F)Sc1ccc(Cc2c(Cl)cncc2-n2cccn2)cc1. The number of benzene rings is 1. The Morgan fingerprint density at radius 1 is 1.12 bits per heavy atom. The van der Waals surface area contributed by atoms with Crippen LogP contribution in [0.3, 0.4) is 0 Å². The normalized spacial score (nSPS) is 11.7. The Hall–Kier alpha value is -1.99. The standard InChI is InChI=1S/C16H11ClF3N3S/c17-14-9-21-10-15(23-7-1-6-22-23)13(14)8-11-2-4-12(5-3-11)24-16(18,19)20/h1-7,9-10H,8H2. The lowest BCUT2D eigenvalue weighted by atomic mass is 10.0. The van der Waals surface area contributed by atoms with Crippen LogP contribution in [0, 0.1) is 0 Å². The largest absolute Gasteiger partial charge is 0.446 e. The molecule has 0 saturated carbocycles. The van der Waals surface area contributed by atoms with E-state index in [1.165, 1.54) is 18.3 Å². The molecule has 0 spiro atoms. The molecule has 0 N–H and O–H groups in total. The Bertz CT molecular complexity index is 818. The molecule has 0 bridgehead atoms. The lowest BCUT2D eigenvalue weighted by Gasteiger charge is -2.12. The van der Waals surface area contributed by atoms with E-state index in [1.807, 2.05) is 0 Å². The van der Waals surface area contributed by atoms with Gasteiger partial charge in [0.15, 0.2) is 0 Å². The maximum Gasteiger partial charge on any atom is 0.446 e. The van der Waals surface area contributed by atoms with Crippen molar-refractivity contribution in [3.05, 3.63) is 71.3 Å². The minimum Gasteiger partial charge on any atom is -0.261 e. The quantitative estimate of drug-likeness (QED) is 0.598. The van der Waals surface area contributed by atoms with E-state index in [1.54, 1.807) is 41.5 Å². The molecule has 24 heavy (non-hydrogen) atoms. The van der Waals surface area contributed by atoms with Crippen LogP contribution in [0.1, 0.15) is 11.1 Å². The first kappa shape index (κ1) is 16.9. The Balaban J connectivity index is 1.87. The van der Waals surface area contributed by atoms with E-state index in [-0.39, 0.29) is 16.7 Å². The average Bonchev–Trinajstić information content (AvgIpc) is 3.04. The van der Waals surface area contributed by atoms with E-state index in [9.17, 15) is 13.2 Å². The van der Waals surface area contributed by atoms with Crippen molar-refractivity contribution in [3.63, 3.8) is 0 Å². The van der Waals surface area contributed by atoms with Gasteiger partial charge >= 0.3 is 5.51 Å². The van der Waals surface area contributed by atoms with Gasteiger partial charge in [0, 0.05) is 35.5 Å². The van der Waals surface area contributed by atoms with Gasteiger partial charge in [-0.3, -0.25) is 4.98 Å². The number of nitrogens with zero attached hydrogens (tertiary/aromatic N) is 3. The van der Waals surface area contributed by atoms with E-state index in [4.69, 9.17) is 11.6 Å². The zero-order valence-corrected chi connectivity index (χ0v) is 13.7. The fraction of sp³-hybridized carbons (Fsp3) is 0.125. The number of aromatic nitrogens is 3. The number of alkyl halides is 3. The Morgan fingerprint density at radius 3 is 2.50 bits per heavy atom. The van der Waals surface area contributed by atoms with Gasteiger partial charge in [0.05, 0.1) is 16.9 Å². The van der Waals surface area contributed by atoms with Crippen LogP contribution in [-0.2, 0) is 6.42 Å². The summed E-state index contributed by atoms with van der Waals surface area (Å²) >= 11 is 6.13. The van der Waals surface area contributed by atoms with Crippen molar-refractivity contribution in [2.45, 2.75) is 16.8 Å². The van der Waals surface area contributed by atoms with Gasteiger partial charge in [-0.05, 0) is 35.5 Å². The Kier molecular flexibility index (Phi) is 4.82. The van der Waals surface area contributed by atoms with Crippen molar-refractivity contribution < 1.29 is 13.2 Å². The van der Waals surface area contributed by atoms with Gasteiger partial charge in [0.25, 0.3) is 0 Å². The molecule has 1 aromatic carbocycles. The number of pyridine rings is 1. The minimum absolute atomic E-state index is 0.130. The first-order valence-corrected chi connectivity index (χ1v) is 8.09.